The van der Waals surface area contributed by atoms with Gasteiger partial charge in [-0.15, -0.1) is 0 Å². The molecule has 0 bridgehead atoms. The summed E-state index contributed by atoms with van der Waals surface area (Å²) in [5.74, 6) is 0.928. The Bertz CT molecular complexity index is 234. The van der Waals surface area contributed by atoms with Crippen LogP contribution >= 0.6 is 0 Å². The molecule has 1 fully saturated rings. The van der Waals surface area contributed by atoms with E-state index in [0.717, 1.165) is 19.1 Å². The van der Waals surface area contributed by atoms with Gasteiger partial charge in [0.05, 0.1) is 6.10 Å². The number of ether oxygens (including phenoxy) is 1. The zero-order valence-electron chi connectivity index (χ0n) is 14.3. The van der Waals surface area contributed by atoms with Crippen LogP contribution in [0.5, 0.6) is 0 Å². The van der Waals surface area contributed by atoms with E-state index in [1.165, 1.54) is 57.8 Å². The molecular weight excluding hydrogens is 246 g/mol. The summed E-state index contributed by atoms with van der Waals surface area (Å²) in [6.07, 6.45) is 12.5. The normalized spacial score (nSPS) is 24.0. The van der Waals surface area contributed by atoms with Gasteiger partial charge < -0.3 is 10.1 Å². The van der Waals surface area contributed by atoms with Gasteiger partial charge in [0, 0.05) is 12.1 Å². The van der Waals surface area contributed by atoms with E-state index in [1.54, 1.807) is 0 Å². The molecule has 20 heavy (non-hydrogen) atoms. The highest BCUT2D eigenvalue weighted by molar-refractivity contribution is 4.72. The van der Waals surface area contributed by atoms with E-state index in [4.69, 9.17) is 4.74 Å². The second-order valence-corrected chi connectivity index (χ2v) is 7.52. The van der Waals surface area contributed by atoms with Crippen LogP contribution in [0, 0.1) is 5.92 Å². The minimum Gasteiger partial charge on any atom is -0.378 e. The average Bonchev–Trinajstić information content (AvgIpc) is 2.41. The zero-order valence-corrected chi connectivity index (χ0v) is 14.3. The van der Waals surface area contributed by atoms with Crippen molar-refractivity contribution in [2.75, 3.05) is 13.2 Å². The van der Waals surface area contributed by atoms with E-state index in [0.29, 0.717) is 6.10 Å². The molecule has 2 atom stereocenters. The molecule has 0 radical (unpaired) electrons. The van der Waals surface area contributed by atoms with Crippen LogP contribution in [-0.4, -0.2) is 24.8 Å². The molecule has 0 aromatic carbocycles. The molecule has 0 aliphatic heterocycles. The van der Waals surface area contributed by atoms with Crippen molar-refractivity contribution < 1.29 is 4.74 Å². The summed E-state index contributed by atoms with van der Waals surface area (Å²) < 4.78 is 6.06. The number of hydrogen-bond donors (Lipinski definition) is 1. The van der Waals surface area contributed by atoms with Crippen LogP contribution in [0.3, 0.4) is 0 Å². The van der Waals surface area contributed by atoms with Gasteiger partial charge in [0.2, 0.25) is 0 Å². The Kier molecular flexibility index (Phi) is 8.79. The second kappa shape index (κ2) is 9.78. The molecule has 2 unspecified atom stereocenters. The molecule has 0 heterocycles. The second-order valence-electron chi connectivity index (χ2n) is 7.52. The molecule has 120 valence electrons. The standard InChI is InChI=1S/C18H37NO/c1-5-16-11-10-12-17(15-16)20-14-9-7-6-8-13-19-18(2,3)4/h16-17,19H,5-15H2,1-4H3. The Balaban J connectivity index is 1.89. The third kappa shape index (κ3) is 8.97. The van der Waals surface area contributed by atoms with Crippen LogP contribution in [-0.2, 0) is 4.74 Å². The predicted octanol–water partition coefficient (Wildman–Crippen LogP) is 4.92. The van der Waals surface area contributed by atoms with Gasteiger partial charge in [0.1, 0.15) is 0 Å². The van der Waals surface area contributed by atoms with E-state index in [1.807, 2.05) is 0 Å². The van der Waals surface area contributed by atoms with Crippen LogP contribution in [0.15, 0.2) is 0 Å². The summed E-state index contributed by atoms with van der Waals surface area (Å²) in [7, 11) is 0. The summed E-state index contributed by atoms with van der Waals surface area (Å²) in [5, 5.41) is 3.54. The fourth-order valence-electron chi connectivity index (χ4n) is 3.06. The monoisotopic (exact) mass is 283 g/mol. The third-order valence-electron chi connectivity index (χ3n) is 4.39. The first-order valence-electron chi connectivity index (χ1n) is 8.88. The van der Waals surface area contributed by atoms with Crippen LogP contribution < -0.4 is 5.32 Å². The minimum absolute atomic E-state index is 0.264. The fourth-order valence-corrected chi connectivity index (χ4v) is 3.06. The van der Waals surface area contributed by atoms with Crippen molar-refractivity contribution in [3.05, 3.63) is 0 Å². The largest absolute Gasteiger partial charge is 0.378 e. The number of rotatable bonds is 9. The van der Waals surface area contributed by atoms with Crippen LogP contribution in [0.25, 0.3) is 0 Å². The number of nitrogens with one attached hydrogen (secondary N) is 1. The molecule has 1 rings (SSSR count). The first-order valence-corrected chi connectivity index (χ1v) is 8.88. The summed E-state index contributed by atoms with van der Waals surface area (Å²) in [6, 6.07) is 0. The molecule has 2 heteroatoms. The summed E-state index contributed by atoms with van der Waals surface area (Å²) in [4.78, 5) is 0. The fraction of sp³-hybridized carbons (Fsp3) is 1.00. The number of unbranched alkanes of at least 4 members (excludes halogenated alkanes) is 3. The molecule has 1 aliphatic rings. The van der Waals surface area contributed by atoms with Gasteiger partial charge in [-0.25, -0.2) is 0 Å². The van der Waals surface area contributed by atoms with Crippen LogP contribution in [0.1, 0.15) is 85.5 Å². The van der Waals surface area contributed by atoms with Crippen molar-refractivity contribution in [1.82, 2.24) is 5.32 Å². The highest BCUT2D eigenvalue weighted by Crippen LogP contribution is 2.28. The summed E-state index contributed by atoms with van der Waals surface area (Å²) in [6.45, 7) is 11.1. The maximum absolute atomic E-state index is 6.06. The molecule has 0 spiro atoms. The van der Waals surface area contributed by atoms with Gasteiger partial charge in [-0.2, -0.15) is 0 Å². The first-order chi connectivity index (χ1) is 9.51. The van der Waals surface area contributed by atoms with Crippen molar-refractivity contribution in [3.8, 4) is 0 Å². The van der Waals surface area contributed by atoms with E-state index in [-0.39, 0.29) is 5.54 Å². The SMILES string of the molecule is CCC1CCCC(OCCCCCCNC(C)(C)C)C1. The molecule has 0 saturated heterocycles. The van der Waals surface area contributed by atoms with Gasteiger partial charge in [-0.3, -0.25) is 0 Å². The van der Waals surface area contributed by atoms with Crippen molar-refractivity contribution in [2.24, 2.45) is 5.92 Å². The molecule has 0 aromatic heterocycles. The predicted molar refractivity (Wildman–Crippen MR) is 88.2 cm³/mol. The van der Waals surface area contributed by atoms with Crippen molar-refractivity contribution in [2.45, 2.75) is 97.1 Å². The molecular formula is C18H37NO. The Morgan fingerprint density at radius 3 is 2.50 bits per heavy atom. The first kappa shape index (κ1) is 18.0. The Morgan fingerprint density at radius 1 is 1.05 bits per heavy atom. The van der Waals surface area contributed by atoms with Gasteiger partial charge in [0.25, 0.3) is 0 Å². The maximum Gasteiger partial charge on any atom is 0.0577 e. The Hall–Kier alpha value is -0.0800. The average molecular weight is 284 g/mol. The van der Waals surface area contributed by atoms with Gasteiger partial charge in [0.15, 0.2) is 0 Å². The minimum atomic E-state index is 0.264. The summed E-state index contributed by atoms with van der Waals surface area (Å²) in [5.41, 5.74) is 0.264. The molecule has 1 aliphatic carbocycles. The molecule has 0 aromatic rings. The van der Waals surface area contributed by atoms with E-state index in [2.05, 4.69) is 33.0 Å². The lowest BCUT2D eigenvalue weighted by Gasteiger charge is -2.28. The van der Waals surface area contributed by atoms with Crippen LogP contribution in [0.2, 0.25) is 0 Å². The maximum atomic E-state index is 6.06. The smallest absolute Gasteiger partial charge is 0.0577 e. The third-order valence-corrected chi connectivity index (χ3v) is 4.39. The van der Waals surface area contributed by atoms with E-state index in [9.17, 15) is 0 Å². The lowest BCUT2D eigenvalue weighted by Crippen LogP contribution is -2.36. The van der Waals surface area contributed by atoms with Gasteiger partial charge in [-0.05, 0) is 58.9 Å². The van der Waals surface area contributed by atoms with E-state index >= 15 is 0 Å². The van der Waals surface area contributed by atoms with Crippen molar-refractivity contribution in [1.29, 1.82) is 0 Å². The van der Waals surface area contributed by atoms with E-state index < -0.39 is 0 Å². The lowest BCUT2D eigenvalue weighted by atomic mass is 9.85. The van der Waals surface area contributed by atoms with Crippen molar-refractivity contribution >= 4 is 0 Å². The molecule has 1 N–H and O–H groups in total. The van der Waals surface area contributed by atoms with Crippen LogP contribution in [0.4, 0.5) is 0 Å². The Labute approximate surface area is 127 Å². The Morgan fingerprint density at radius 2 is 1.80 bits per heavy atom. The highest BCUT2D eigenvalue weighted by atomic mass is 16.5. The van der Waals surface area contributed by atoms with Gasteiger partial charge >= 0.3 is 0 Å². The quantitative estimate of drug-likeness (QED) is 0.606. The topological polar surface area (TPSA) is 21.3 Å². The molecule has 2 nitrogen and oxygen atoms in total. The number of hydrogen-bond acceptors (Lipinski definition) is 2. The molecule has 1 saturated carbocycles. The van der Waals surface area contributed by atoms with Crippen molar-refractivity contribution in [3.63, 3.8) is 0 Å². The lowest BCUT2D eigenvalue weighted by molar-refractivity contribution is 0.0106. The molecule has 0 amide bonds. The zero-order chi connectivity index (χ0) is 14.8. The summed E-state index contributed by atoms with van der Waals surface area (Å²) >= 11 is 0. The van der Waals surface area contributed by atoms with Gasteiger partial charge in [-0.1, -0.05) is 39.0 Å². The highest BCUT2D eigenvalue weighted by Gasteiger charge is 2.20.